The van der Waals surface area contributed by atoms with Crippen LogP contribution in [-0.4, -0.2) is 42.8 Å². The van der Waals surface area contributed by atoms with Crippen LogP contribution in [-0.2, 0) is 4.79 Å². The van der Waals surface area contributed by atoms with Crippen molar-refractivity contribution in [2.45, 2.75) is 25.8 Å². The molecule has 1 aliphatic rings. The summed E-state index contributed by atoms with van der Waals surface area (Å²) in [5, 5.41) is 9.32. The molecule has 0 amide bonds. The molecule has 0 aliphatic carbocycles. The summed E-state index contributed by atoms with van der Waals surface area (Å²) in [6.45, 7) is 4.05. The molecular weight excluding hydrogens is 342 g/mol. The molecule has 0 spiro atoms. The largest absolute Gasteiger partial charge is 0.497 e. The Kier molecular flexibility index (Phi) is 6.35. The van der Waals surface area contributed by atoms with E-state index in [0.717, 1.165) is 35.7 Å². The van der Waals surface area contributed by atoms with Gasteiger partial charge in [0.25, 0.3) is 0 Å². The number of hydrogen-bond acceptors (Lipinski definition) is 4. The van der Waals surface area contributed by atoms with Crippen molar-refractivity contribution in [2.75, 3.05) is 26.8 Å². The summed E-state index contributed by atoms with van der Waals surface area (Å²) in [6, 6.07) is 16.2. The van der Waals surface area contributed by atoms with Crippen LogP contribution in [0.3, 0.4) is 0 Å². The van der Waals surface area contributed by atoms with Crippen LogP contribution in [0.25, 0.3) is 0 Å². The van der Waals surface area contributed by atoms with Gasteiger partial charge in [-0.15, -0.1) is 0 Å². The zero-order valence-electron chi connectivity index (χ0n) is 15.9. The molecule has 1 unspecified atom stereocenters. The van der Waals surface area contributed by atoms with E-state index in [2.05, 4.69) is 23.1 Å². The van der Waals surface area contributed by atoms with Gasteiger partial charge in [-0.3, -0.25) is 9.69 Å². The number of rotatable bonds is 7. The zero-order valence-corrected chi connectivity index (χ0v) is 15.9. The second kappa shape index (κ2) is 8.91. The van der Waals surface area contributed by atoms with E-state index in [9.17, 15) is 9.90 Å². The molecule has 5 heteroatoms. The molecular formula is C22H27NO4. The van der Waals surface area contributed by atoms with Gasteiger partial charge >= 0.3 is 5.97 Å². The van der Waals surface area contributed by atoms with E-state index in [4.69, 9.17) is 9.47 Å². The molecule has 1 N–H and O–H groups in total. The smallest absolute Gasteiger partial charge is 0.306 e. The lowest BCUT2D eigenvalue weighted by Gasteiger charge is -2.37. The Hall–Kier alpha value is -2.53. The monoisotopic (exact) mass is 369 g/mol. The van der Waals surface area contributed by atoms with Crippen molar-refractivity contribution in [1.29, 1.82) is 0 Å². The Morgan fingerprint density at radius 3 is 2.59 bits per heavy atom. The van der Waals surface area contributed by atoms with E-state index in [1.807, 2.05) is 37.3 Å². The fraction of sp³-hybridized carbons (Fsp3) is 0.409. The summed E-state index contributed by atoms with van der Waals surface area (Å²) in [7, 11) is 1.67. The molecule has 1 atom stereocenters. The number of likely N-dealkylation sites (tertiary alicyclic amines) is 1. The van der Waals surface area contributed by atoms with Crippen LogP contribution >= 0.6 is 0 Å². The van der Waals surface area contributed by atoms with Gasteiger partial charge in [-0.1, -0.05) is 30.3 Å². The maximum Gasteiger partial charge on any atom is 0.306 e. The summed E-state index contributed by atoms with van der Waals surface area (Å²) in [4.78, 5) is 13.7. The highest BCUT2D eigenvalue weighted by Gasteiger charge is 2.31. The van der Waals surface area contributed by atoms with Gasteiger partial charge in [-0.05, 0) is 56.6 Å². The molecule has 1 fully saturated rings. The van der Waals surface area contributed by atoms with Crippen LogP contribution in [0.4, 0.5) is 0 Å². The lowest BCUT2D eigenvalue weighted by Crippen LogP contribution is -2.39. The van der Waals surface area contributed by atoms with Crippen molar-refractivity contribution in [1.82, 2.24) is 4.90 Å². The van der Waals surface area contributed by atoms with Gasteiger partial charge in [-0.2, -0.15) is 0 Å². The summed E-state index contributed by atoms with van der Waals surface area (Å²) in [6.07, 6.45) is 1.32. The second-order valence-electron chi connectivity index (χ2n) is 6.80. The van der Waals surface area contributed by atoms with E-state index in [-0.39, 0.29) is 12.0 Å². The number of carboxylic acid groups (broad SMARTS) is 1. The first kappa shape index (κ1) is 19.2. The average molecular weight is 369 g/mol. The summed E-state index contributed by atoms with van der Waals surface area (Å²) in [5.74, 6) is 0.733. The van der Waals surface area contributed by atoms with Crippen molar-refractivity contribution in [3.05, 3.63) is 59.7 Å². The maximum absolute atomic E-state index is 11.3. The molecule has 1 aliphatic heterocycles. The molecule has 3 rings (SSSR count). The number of aliphatic carboxylic acids is 1. The number of para-hydroxylation sites is 1. The zero-order chi connectivity index (χ0) is 19.2. The molecule has 0 bridgehead atoms. The average Bonchev–Trinajstić information content (AvgIpc) is 2.70. The highest BCUT2D eigenvalue weighted by molar-refractivity contribution is 5.70. The van der Waals surface area contributed by atoms with E-state index in [0.29, 0.717) is 19.4 Å². The van der Waals surface area contributed by atoms with Gasteiger partial charge < -0.3 is 14.6 Å². The number of benzene rings is 2. The molecule has 0 saturated carbocycles. The first-order valence-electron chi connectivity index (χ1n) is 9.46. The topological polar surface area (TPSA) is 59.0 Å². The molecule has 2 aromatic rings. The molecule has 144 valence electrons. The normalized spacial score (nSPS) is 16.7. The van der Waals surface area contributed by atoms with Crippen molar-refractivity contribution in [3.8, 4) is 11.5 Å². The third kappa shape index (κ3) is 4.42. The second-order valence-corrected chi connectivity index (χ2v) is 6.80. The lowest BCUT2D eigenvalue weighted by molar-refractivity contribution is -0.143. The molecule has 0 radical (unpaired) electrons. The first-order valence-corrected chi connectivity index (χ1v) is 9.46. The highest BCUT2D eigenvalue weighted by Crippen LogP contribution is 2.38. The molecule has 1 saturated heterocycles. The quantitative estimate of drug-likeness (QED) is 0.800. The van der Waals surface area contributed by atoms with E-state index in [1.165, 1.54) is 0 Å². The number of piperidine rings is 1. The number of ether oxygens (including phenoxy) is 2. The Morgan fingerprint density at radius 2 is 1.93 bits per heavy atom. The van der Waals surface area contributed by atoms with Crippen LogP contribution in [0.2, 0.25) is 0 Å². The minimum atomic E-state index is -0.692. The number of carbonyl (C=O) groups is 1. The Morgan fingerprint density at radius 1 is 1.19 bits per heavy atom. The molecule has 0 aromatic heterocycles. The summed E-state index contributed by atoms with van der Waals surface area (Å²) < 4.78 is 11.3. The van der Waals surface area contributed by atoms with E-state index >= 15 is 0 Å². The van der Waals surface area contributed by atoms with Crippen molar-refractivity contribution >= 4 is 5.97 Å². The van der Waals surface area contributed by atoms with Crippen molar-refractivity contribution in [3.63, 3.8) is 0 Å². The van der Waals surface area contributed by atoms with Crippen LogP contribution in [0.15, 0.2) is 48.5 Å². The fourth-order valence-corrected chi connectivity index (χ4v) is 3.80. The van der Waals surface area contributed by atoms with Crippen molar-refractivity contribution < 1.29 is 19.4 Å². The predicted molar refractivity (Wildman–Crippen MR) is 104 cm³/mol. The maximum atomic E-state index is 11.3. The minimum Gasteiger partial charge on any atom is -0.497 e. The Labute approximate surface area is 160 Å². The molecule has 1 heterocycles. The van der Waals surface area contributed by atoms with Crippen LogP contribution < -0.4 is 9.47 Å². The summed E-state index contributed by atoms with van der Waals surface area (Å²) >= 11 is 0. The number of nitrogens with zero attached hydrogens (tertiary/aromatic N) is 1. The first-order chi connectivity index (χ1) is 13.1. The van der Waals surface area contributed by atoms with Crippen LogP contribution in [0.5, 0.6) is 11.5 Å². The van der Waals surface area contributed by atoms with Gasteiger partial charge in [-0.25, -0.2) is 0 Å². The Balaban J connectivity index is 1.98. The van der Waals surface area contributed by atoms with Gasteiger partial charge in [0.2, 0.25) is 0 Å². The number of carboxylic acids is 1. The van der Waals surface area contributed by atoms with Gasteiger partial charge in [0.1, 0.15) is 11.5 Å². The van der Waals surface area contributed by atoms with Crippen molar-refractivity contribution in [2.24, 2.45) is 5.92 Å². The molecule has 5 nitrogen and oxygen atoms in total. The predicted octanol–water partition coefficient (Wildman–Crippen LogP) is 3.98. The minimum absolute atomic E-state index is 0.00223. The number of methoxy groups -OCH3 is 1. The van der Waals surface area contributed by atoms with Crippen LogP contribution in [0, 0.1) is 5.92 Å². The number of hydrogen-bond donors (Lipinski definition) is 1. The third-order valence-corrected chi connectivity index (χ3v) is 5.17. The van der Waals surface area contributed by atoms with Gasteiger partial charge in [0.05, 0.1) is 25.7 Å². The van der Waals surface area contributed by atoms with Crippen LogP contribution in [0.1, 0.15) is 36.9 Å². The third-order valence-electron chi connectivity index (χ3n) is 5.17. The van der Waals surface area contributed by atoms with E-state index < -0.39 is 5.97 Å². The Bertz CT molecular complexity index is 768. The summed E-state index contributed by atoms with van der Waals surface area (Å²) in [5.41, 5.74) is 2.22. The fourth-order valence-electron chi connectivity index (χ4n) is 3.80. The van der Waals surface area contributed by atoms with Gasteiger partial charge in [0, 0.05) is 5.56 Å². The lowest BCUT2D eigenvalue weighted by atomic mass is 9.91. The highest BCUT2D eigenvalue weighted by atomic mass is 16.5. The van der Waals surface area contributed by atoms with Gasteiger partial charge in [0.15, 0.2) is 0 Å². The molecule has 2 aromatic carbocycles. The molecule has 27 heavy (non-hydrogen) atoms. The SMILES string of the molecule is CCOc1ccccc1C(c1cccc(OC)c1)N1CCC(C(=O)O)CC1. The standard InChI is InChI=1S/C22H27NO4/c1-3-27-20-10-5-4-9-19(20)21(17-7-6-8-18(15-17)26-2)23-13-11-16(12-14-23)22(24)25/h4-10,15-16,21H,3,11-14H2,1-2H3,(H,24,25). The van der Waals surface area contributed by atoms with E-state index in [1.54, 1.807) is 7.11 Å².